The molecule has 0 unspecified atom stereocenters. The maximum absolute atomic E-state index is 4.37. The van der Waals surface area contributed by atoms with Gasteiger partial charge in [-0.05, 0) is 51.0 Å². The zero-order valence-corrected chi connectivity index (χ0v) is 25.2. The summed E-state index contributed by atoms with van der Waals surface area (Å²) in [6.45, 7) is 9.88. The molecule has 204 valence electrons. The van der Waals surface area contributed by atoms with Crippen molar-refractivity contribution in [2.45, 2.75) is 40.0 Å². The molecular weight excluding hydrogens is 543 g/mol. The molecule has 2 aliphatic rings. The van der Waals surface area contributed by atoms with Crippen molar-refractivity contribution in [1.29, 1.82) is 0 Å². The van der Waals surface area contributed by atoms with Gasteiger partial charge in [0, 0.05) is 63.4 Å². The summed E-state index contributed by atoms with van der Waals surface area (Å²) in [5.41, 5.74) is 5.23. The van der Waals surface area contributed by atoms with Crippen LogP contribution in [0.3, 0.4) is 0 Å². The SMILES string of the molecule is Cc1ccc2c(sc3ccccc32)c1N1C=CN(CN2C=CN(c3c(C)ccc4c3sc3cnccc34)[C@H]2C)[C@H]1C. The first kappa shape index (κ1) is 24.7. The number of anilines is 2. The molecule has 0 N–H and O–H groups in total. The lowest BCUT2D eigenvalue weighted by atomic mass is 10.1. The van der Waals surface area contributed by atoms with Crippen LogP contribution in [-0.4, -0.2) is 33.8 Å². The van der Waals surface area contributed by atoms with Crippen LogP contribution in [0, 0.1) is 13.8 Å². The number of fused-ring (bicyclic) bond motifs is 6. The molecule has 0 spiro atoms. The molecule has 5 nitrogen and oxygen atoms in total. The van der Waals surface area contributed by atoms with Crippen LogP contribution in [-0.2, 0) is 0 Å². The first-order chi connectivity index (χ1) is 20.0. The van der Waals surface area contributed by atoms with E-state index in [0.29, 0.717) is 0 Å². The van der Waals surface area contributed by atoms with Gasteiger partial charge in [-0.2, -0.15) is 0 Å². The maximum Gasteiger partial charge on any atom is 0.104 e. The fraction of sp³-hybridized carbons (Fsp3) is 0.206. The highest BCUT2D eigenvalue weighted by Gasteiger charge is 2.32. The molecule has 7 heteroatoms. The second-order valence-electron chi connectivity index (χ2n) is 11.1. The van der Waals surface area contributed by atoms with Crippen LogP contribution >= 0.6 is 22.7 Å². The topological polar surface area (TPSA) is 25.9 Å². The zero-order valence-electron chi connectivity index (χ0n) is 23.6. The summed E-state index contributed by atoms with van der Waals surface area (Å²) in [5.74, 6) is 0. The number of rotatable bonds is 4. The van der Waals surface area contributed by atoms with E-state index in [1.54, 1.807) is 0 Å². The lowest BCUT2D eigenvalue weighted by Gasteiger charge is -2.37. The molecule has 2 aliphatic heterocycles. The van der Waals surface area contributed by atoms with E-state index in [4.69, 9.17) is 0 Å². The molecule has 0 saturated heterocycles. The first-order valence-corrected chi connectivity index (χ1v) is 15.7. The molecule has 8 rings (SSSR count). The Morgan fingerprint density at radius 3 is 1.83 bits per heavy atom. The Hall–Kier alpha value is -4.07. The largest absolute Gasteiger partial charge is 0.338 e. The molecule has 0 radical (unpaired) electrons. The number of aromatic nitrogens is 1. The molecule has 41 heavy (non-hydrogen) atoms. The van der Waals surface area contributed by atoms with Crippen LogP contribution in [0.25, 0.3) is 40.3 Å². The van der Waals surface area contributed by atoms with Gasteiger partial charge < -0.3 is 19.6 Å². The van der Waals surface area contributed by atoms with Gasteiger partial charge in [0.1, 0.15) is 12.3 Å². The van der Waals surface area contributed by atoms with Gasteiger partial charge in [-0.15, -0.1) is 22.7 Å². The number of thiophene rings is 2. The molecule has 6 aromatic rings. The van der Waals surface area contributed by atoms with E-state index in [0.717, 1.165) is 6.67 Å². The average molecular weight is 574 g/mol. The third-order valence-corrected chi connectivity index (χ3v) is 11.1. The number of hydrogen-bond donors (Lipinski definition) is 0. The predicted octanol–water partition coefficient (Wildman–Crippen LogP) is 8.97. The van der Waals surface area contributed by atoms with Gasteiger partial charge in [0.25, 0.3) is 0 Å². The van der Waals surface area contributed by atoms with Gasteiger partial charge in [0.2, 0.25) is 0 Å². The van der Waals surface area contributed by atoms with Crippen molar-refractivity contribution in [3.63, 3.8) is 0 Å². The summed E-state index contributed by atoms with van der Waals surface area (Å²) in [7, 11) is 0. The second kappa shape index (κ2) is 9.23. The predicted molar refractivity (Wildman–Crippen MR) is 177 cm³/mol. The highest BCUT2D eigenvalue weighted by Crippen LogP contribution is 2.44. The number of nitrogens with zero attached hydrogens (tertiary/aromatic N) is 5. The number of hydrogen-bond acceptors (Lipinski definition) is 7. The van der Waals surface area contributed by atoms with Gasteiger partial charge in [-0.25, -0.2) is 0 Å². The van der Waals surface area contributed by atoms with Crippen LogP contribution in [0.5, 0.6) is 0 Å². The molecule has 2 atom stereocenters. The normalized spacial score (nSPS) is 18.9. The monoisotopic (exact) mass is 573 g/mol. The molecule has 0 fully saturated rings. The summed E-state index contributed by atoms with van der Waals surface area (Å²) >= 11 is 3.75. The number of aryl methyl sites for hydroxylation is 2. The molecule has 0 aliphatic carbocycles. The van der Waals surface area contributed by atoms with Gasteiger partial charge in [0.15, 0.2) is 0 Å². The van der Waals surface area contributed by atoms with E-state index < -0.39 is 0 Å². The second-order valence-corrected chi connectivity index (χ2v) is 13.2. The van der Waals surface area contributed by atoms with Crippen LogP contribution in [0.1, 0.15) is 25.0 Å². The Bertz CT molecular complexity index is 1890. The van der Waals surface area contributed by atoms with E-state index in [9.17, 15) is 0 Å². The van der Waals surface area contributed by atoms with Crippen molar-refractivity contribution in [2.24, 2.45) is 0 Å². The van der Waals surface area contributed by atoms with E-state index in [1.165, 1.54) is 62.8 Å². The highest BCUT2D eigenvalue weighted by molar-refractivity contribution is 7.26. The third-order valence-electron chi connectivity index (χ3n) is 8.79. The van der Waals surface area contributed by atoms with Gasteiger partial charge in [-0.1, -0.05) is 42.5 Å². The Balaban J connectivity index is 1.08. The van der Waals surface area contributed by atoms with Crippen molar-refractivity contribution in [1.82, 2.24) is 14.8 Å². The summed E-state index contributed by atoms with van der Waals surface area (Å²) in [6.07, 6.45) is 13.3. The van der Waals surface area contributed by atoms with Crippen molar-refractivity contribution in [3.8, 4) is 0 Å². The first-order valence-electron chi connectivity index (χ1n) is 14.1. The number of pyridine rings is 1. The van der Waals surface area contributed by atoms with Gasteiger partial charge >= 0.3 is 0 Å². The van der Waals surface area contributed by atoms with Crippen molar-refractivity contribution in [3.05, 3.63) is 103 Å². The van der Waals surface area contributed by atoms with Crippen LogP contribution < -0.4 is 9.80 Å². The fourth-order valence-corrected chi connectivity index (χ4v) is 9.05. The number of benzene rings is 3. The quantitative estimate of drug-likeness (QED) is 0.210. The Labute approximate surface area is 247 Å². The van der Waals surface area contributed by atoms with Crippen molar-refractivity contribution in [2.75, 3.05) is 16.5 Å². The minimum atomic E-state index is 0.199. The molecular formula is C34H31N5S2. The smallest absolute Gasteiger partial charge is 0.104 e. The third kappa shape index (κ3) is 3.69. The van der Waals surface area contributed by atoms with E-state index in [1.807, 2.05) is 35.1 Å². The molecule has 3 aromatic heterocycles. The van der Waals surface area contributed by atoms with E-state index in [-0.39, 0.29) is 12.3 Å². The van der Waals surface area contributed by atoms with Crippen LogP contribution in [0.4, 0.5) is 11.4 Å². The van der Waals surface area contributed by atoms with Crippen LogP contribution in [0.15, 0.2) is 91.8 Å². The summed E-state index contributed by atoms with van der Waals surface area (Å²) in [4.78, 5) is 14.1. The van der Waals surface area contributed by atoms with E-state index >= 15 is 0 Å². The summed E-state index contributed by atoms with van der Waals surface area (Å²) in [6, 6.07) is 20.0. The minimum absolute atomic E-state index is 0.199. The van der Waals surface area contributed by atoms with Crippen molar-refractivity contribution < 1.29 is 0 Å². The molecule has 0 saturated carbocycles. The molecule has 0 amide bonds. The Morgan fingerprint density at radius 1 is 0.634 bits per heavy atom. The Morgan fingerprint density at radius 2 is 1.20 bits per heavy atom. The average Bonchev–Trinajstić information content (AvgIpc) is 3.73. The Kier molecular flexibility index (Phi) is 5.56. The lowest BCUT2D eigenvalue weighted by molar-refractivity contribution is 0.176. The standard InChI is InChI=1S/C34H31N5S2/c1-21-9-11-27-25-7-5-6-8-29(25)40-33(27)31(21)38-17-15-36(23(38)3)20-37-16-18-39(24(37)4)32-22(2)10-12-28-26-13-14-35-19-30(26)41-34(28)32/h5-19,23-24H,20H2,1-4H3/t23-,24+/m1/s1. The van der Waals surface area contributed by atoms with Crippen molar-refractivity contribution >= 4 is 74.4 Å². The summed E-state index contributed by atoms with van der Waals surface area (Å²) in [5, 5.41) is 5.29. The van der Waals surface area contributed by atoms with Gasteiger partial charge in [0.05, 0.1) is 32.1 Å². The molecule has 0 bridgehead atoms. The highest BCUT2D eigenvalue weighted by atomic mass is 32.1. The summed E-state index contributed by atoms with van der Waals surface area (Å²) < 4.78 is 5.28. The molecule has 5 heterocycles. The van der Waals surface area contributed by atoms with Crippen LogP contribution in [0.2, 0.25) is 0 Å². The maximum atomic E-state index is 4.37. The minimum Gasteiger partial charge on any atom is -0.338 e. The zero-order chi connectivity index (χ0) is 27.8. The fourth-order valence-electron chi connectivity index (χ4n) is 6.47. The lowest BCUT2D eigenvalue weighted by Crippen LogP contribution is -2.45. The molecule has 3 aromatic carbocycles. The van der Waals surface area contributed by atoms with Gasteiger partial charge in [-0.3, -0.25) is 4.98 Å². The van der Waals surface area contributed by atoms with E-state index in [2.05, 4.69) is 132 Å².